The number of nitrogens with zero attached hydrogens (tertiary/aromatic N) is 1. The molecular weight excluding hydrogens is 410 g/mol. The van der Waals surface area contributed by atoms with Crippen molar-refractivity contribution in [2.45, 2.75) is 25.7 Å². The van der Waals surface area contributed by atoms with Crippen LogP contribution >= 0.6 is 0 Å². The van der Waals surface area contributed by atoms with E-state index >= 15 is 0 Å². The molecule has 0 atom stereocenters. The summed E-state index contributed by atoms with van der Waals surface area (Å²) >= 11 is 0. The predicted octanol–water partition coefficient (Wildman–Crippen LogP) is 3.72. The second-order valence-electron chi connectivity index (χ2n) is 6.81. The van der Waals surface area contributed by atoms with Gasteiger partial charge in [-0.2, -0.15) is 0 Å². The molecule has 3 N–H and O–H groups in total. The second-order valence-corrected chi connectivity index (χ2v) is 6.81. The van der Waals surface area contributed by atoms with Crippen molar-refractivity contribution in [2.75, 3.05) is 13.2 Å². The van der Waals surface area contributed by atoms with E-state index in [-0.39, 0.29) is 40.6 Å². The number of ether oxygens (including phenoxy) is 1. The molecule has 0 unspecified atom stereocenters. The highest BCUT2D eigenvalue weighted by Crippen LogP contribution is 2.34. The van der Waals surface area contributed by atoms with E-state index in [1.54, 1.807) is 0 Å². The standard InChI is InChI=1S/C21H21NO9/c23-15-6-5-13(9-16(15)24)19-12-18(26)21-17(25)10-14(11-20(21)31-19)29-7-3-1-2-4-8-30-22(27)28/h5-6,9-12,23-25H,1-4,7-8H2. The van der Waals surface area contributed by atoms with Crippen LogP contribution in [0.15, 0.2) is 45.6 Å². The number of rotatable bonds is 10. The van der Waals surface area contributed by atoms with E-state index in [0.717, 1.165) is 12.8 Å². The van der Waals surface area contributed by atoms with E-state index < -0.39 is 10.5 Å². The minimum atomic E-state index is -0.816. The fraction of sp³-hybridized carbons (Fsp3) is 0.286. The summed E-state index contributed by atoms with van der Waals surface area (Å²) < 4.78 is 11.4. The first-order chi connectivity index (χ1) is 14.8. The van der Waals surface area contributed by atoms with Gasteiger partial charge in [-0.3, -0.25) is 4.79 Å². The second kappa shape index (κ2) is 9.70. The first kappa shape index (κ1) is 21.8. The fourth-order valence-electron chi connectivity index (χ4n) is 3.03. The Labute approximate surface area is 176 Å². The maximum absolute atomic E-state index is 12.5. The molecular formula is C21H21NO9. The summed E-state index contributed by atoms with van der Waals surface area (Å²) in [6.45, 7) is 0.406. The number of phenolic OH excluding ortho intramolecular Hbond substituents is 3. The maximum atomic E-state index is 12.5. The Morgan fingerprint density at radius 3 is 2.35 bits per heavy atom. The lowest BCUT2D eigenvalue weighted by molar-refractivity contribution is -0.757. The third-order valence-corrected chi connectivity index (χ3v) is 4.55. The number of fused-ring (bicyclic) bond motifs is 1. The van der Waals surface area contributed by atoms with Gasteiger partial charge in [0, 0.05) is 23.8 Å². The van der Waals surface area contributed by atoms with Gasteiger partial charge in [0.25, 0.3) is 5.09 Å². The lowest BCUT2D eigenvalue weighted by atomic mass is 10.1. The molecule has 0 saturated carbocycles. The van der Waals surface area contributed by atoms with Gasteiger partial charge in [0.15, 0.2) is 16.9 Å². The van der Waals surface area contributed by atoms with Crippen molar-refractivity contribution in [3.05, 3.63) is 56.7 Å². The molecule has 1 heterocycles. The topological polar surface area (TPSA) is 152 Å². The molecule has 3 rings (SSSR count). The van der Waals surface area contributed by atoms with Gasteiger partial charge in [-0.25, -0.2) is 0 Å². The third kappa shape index (κ3) is 5.56. The Bertz CT molecular complexity index is 1140. The molecule has 164 valence electrons. The summed E-state index contributed by atoms with van der Waals surface area (Å²) in [7, 11) is 0. The van der Waals surface area contributed by atoms with Crippen molar-refractivity contribution >= 4 is 11.0 Å². The van der Waals surface area contributed by atoms with Crippen molar-refractivity contribution in [3.63, 3.8) is 0 Å². The molecule has 0 spiro atoms. The predicted molar refractivity (Wildman–Crippen MR) is 110 cm³/mol. The van der Waals surface area contributed by atoms with E-state index in [0.29, 0.717) is 30.8 Å². The van der Waals surface area contributed by atoms with Gasteiger partial charge >= 0.3 is 0 Å². The highest BCUT2D eigenvalue weighted by molar-refractivity contribution is 5.86. The highest BCUT2D eigenvalue weighted by Gasteiger charge is 2.14. The van der Waals surface area contributed by atoms with Gasteiger partial charge in [0.2, 0.25) is 0 Å². The van der Waals surface area contributed by atoms with Crippen LogP contribution < -0.4 is 10.2 Å². The van der Waals surface area contributed by atoms with Crippen LogP contribution in [-0.4, -0.2) is 33.6 Å². The smallest absolute Gasteiger partial charge is 0.294 e. The van der Waals surface area contributed by atoms with Crippen LogP contribution in [0.1, 0.15) is 25.7 Å². The van der Waals surface area contributed by atoms with Crippen molar-refractivity contribution < 1.29 is 34.4 Å². The quantitative estimate of drug-likeness (QED) is 0.189. The van der Waals surface area contributed by atoms with Crippen molar-refractivity contribution in [1.82, 2.24) is 0 Å². The molecule has 0 bridgehead atoms. The summed E-state index contributed by atoms with van der Waals surface area (Å²) in [6.07, 6.45) is 2.79. The minimum Gasteiger partial charge on any atom is -0.507 e. The van der Waals surface area contributed by atoms with Crippen LogP contribution in [0.2, 0.25) is 0 Å². The summed E-state index contributed by atoms with van der Waals surface area (Å²) in [5.74, 6) is -0.467. The molecule has 31 heavy (non-hydrogen) atoms. The van der Waals surface area contributed by atoms with Crippen LogP contribution in [0, 0.1) is 10.1 Å². The zero-order chi connectivity index (χ0) is 22.4. The first-order valence-electron chi connectivity index (χ1n) is 9.58. The number of aromatic hydroxyl groups is 3. The van der Waals surface area contributed by atoms with E-state index in [2.05, 4.69) is 4.84 Å². The molecule has 1 aromatic heterocycles. The van der Waals surface area contributed by atoms with E-state index in [9.17, 15) is 30.2 Å². The Morgan fingerprint density at radius 2 is 1.65 bits per heavy atom. The maximum Gasteiger partial charge on any atom is 0.294 e. The van der Waals surface area contributed by atoms with Gasteiger partial charge < -0.3 is 29.3 Å². The number of hydrogen-bond acceptors (Lipinski definition) is 9. The number of benzene rings is 2. The average Bonchev–Trinajstić information content (AvgIpc) is 2.71. The van der Waals surface area contributed by atoms with Crippen molar-refractivity contribution in [3.8, 4) is 34.3 Å². The van der Waals surface area contributed by atoms with Crippen LogP contribution in [-0.2, 0) is 4.84 Å². The van der Waals surface area contributed by atoms with Crippen LogP contribution in [0.25, 0.3) is 22.3 Å². The summed E-state index contributed by atoms with van der Waals surface area (Å²) in [5.41, 5.74) is 0.0213. The molecule has 0 aliphatic carbocycles. The number of hydrogen-bond donors (Lipinski definition) is 3. The van der Waals surface area contributed by atoms with Gasteiger partial charge in [-0.05, 0) is 31.0 Å². The van der Waals surface area contributed by atoms with E-state index in [1.165, 1.54) is 36.4 Å². The fourth-order valence-corrected chi connectivity index (χ4v) is 3.03. The SMILES string of the molecule is O=c1cc(-c2ccc(O)c(O)c2)oc2cc(OCCCCCCO[N+](=O)[O-])cc(O)c12. The molecule has 0 aliphatic rings. The lowest BCUT2D eigenvalue weighted by Crippen LogP contribution is -2.03. The highest BCUT2D eigenvalue weighted by atomic mass is 16.9. The van der Waals surface area contributed by atoms with Crippen molar-refractivity contribution in [1.29, 1.82) is 0 Å². The minimum absolute atomic E-state index is 0.00453. The van der Waals surface area contributed by atoms with Gasteiger partial charge in [-0.15, -0.1) is 10.1 Å². The summed E-state index contributed by atoms with van der Waals surface area (Å²) in [5, 5.41) is 38.6. The molecule has 10 heteroatoms. The molecule has 0 saturated heterocycles. The third-order valence-electron chi connectivity index (χ3n) is 4.55. The zero-order valence-corrected chi connectivity index (χ0v) is 16.4. The molecule has 0 amide bonds. The van der Waals surface area contributed by atoms with Gasteiger partial charge in [-0.1, -0.05) is 12.8 Å². The van der Waals surface area contributed by atoms with E-state index in [4.69, 9.17) is 9.15 Å². The van der Waals surface area contributed by atoms with Crippen molar-refractivity contribution in [2.24, 2.45) is 0 Å². The van der Waals surface area contributed by atoms with E-state index in [1.807, 2.05) is 0 Å². The number of phenols is 3. The van der Waals surface area contributed by atoms with Gasteiger partial charge in [0.1, 0.15) is 28.2 Å². The Kier molecular flexibility index (Phi) is 6.81. The Hall–Kier alpha value is -3.95. The Morgan fingerprint density at radius 1 is 0.903 bits per heavy atom. The van der Waals surface area contributed by atoms with Crippen LogP contribution in [0.4, 0.5) is 0 Å². The molecule has 2 aromatic carbocycles. The Balaban J connectivity index is 1.69. The first-order valence-corrected chi connectivity index (χ1v) is 9.58. The molecule has 0 fully saturated rings. The summed E-state index contributed by atoms with van der Waals surface area (Å²) in [4.78, 5) is 26.8. The van der Waals surface area contributed by atoms with Crippen LogP contribution in [0.5, 0.6) is 23.0 Å². The largest absolute Gasteiger partial charge is 0.507 e. The molecule has 0 aliphatic heterocycles. The molecule has 3 aromatic rings. The zero-order valence-electron chi connectivity index (χ0n) is 16.4. The van der Waals surface area contributed by atoms with Gasteiger partial charge in [0.05, 0.1) is 13.2 Å². The molecule has 10 nitrogen and oxygen atoms in total. The molecule has 0 radical (unpaired) electrons. The normalized spacial score (nSPS) is 10.8. The monoisotopic (exact) mass is 431 g/mol. The summed E-state index contributed by atoms with van der Waals surface area (Å²) in [6, 6.07) is 8.03. The lowest BCUT2D eigenvalue weighted by Gasteiger charge is -2.10. The number of unbranched alkanes of at least 4 members (excludes halogenated alkanes) is 3. The average molecular weight is 431 g/mol. The van der Waals surface area contributed by atoms with Crippen LogP contribution in [0.3, 0.4) is 0 Å².